The van der Waals surface area contributed by atoms with E-state index in [1.165, 1.54) is 12.4 Å². The van der Waals surface area contributed by atoms with Crippen LogP contribution in [0.2, 0.25) is 0 Å². The molecular weight excluding hydrogens is 406 g/mol. The normalized spacial score (nSPS) is 10.2. The second-order valence-corrected chi connectivity index (χ2v) is 6.78. The topological polar surface area (TPSA) is 121 Å². The third-order valence-corrected chi connectivity index (χ3v) is 4.51. The lowest BCUT2D eigenvalue weighted by atomic mass is 10.1. The molecule has 9 nitrogen and oxygen atoms in total. The molecule has 164 valence electrons. The highest BCUT2D eigenvalue weighted by atomic mass is 16.5. The van der Waals surface area contributed by atoms with Crippen molar-refractivity contribution in [3.8, 4) is 41.2 Å². The third-order valence-electron chi connectivity index (χ3n) is 4.51. The summed E-state index contributed by atoms with van der Waals surface area (Å²) in [4.78, 5) is 8.14. The Balaban J connectivity index is 1.65. The second-order valence-electron chi connectivity index (χ2n) is 6.78. The zero-order valence-electron chi connectivity index (χ0n) is 17.9. The minimum Gasteiger partial charge on any atom is -0.496 e. The van der Waals surface area contributed by atoms with E-state index < -0.39 is 0 Å². The van der Waals surface area contributed by atoms with Crippen LogP contribution in [0.15, 0.2) is 36.7 Å². The molecule has 0 aliphatic heterocycles. The van der Waals surface area contributed by atoms with Crippen molar-refractivity contribution in [2.75, 3.05) is 32.1 Å². The van der Waals surface area contributed by atoms with Crippen LogP contribution >= 0.6 is 0 Å². The smallest absolute Gasteiger partial charge is 0.158 e. The van der Waals surface area contributed by atoms with Gasteiger partial charge in [0.05, 0.1) is 37.4 Å². The van der Waals surface area contributed by atoms with E-state index in [0.717, 1.165) is 43.6 Å². The van der Waals surface area contributed by atoms with Crippen molar-refractivity contribution < 1.29 is 9.47 Å². The number of nitriles is 1. The highest BCUT2D eigenvalue weighted by molar-refractivity contribution is 5.76. The molecule has 0 aliphatic rings. The number of terminal acetylenes is 1. The Morgan fingerprint density at radius 1 is 1.12 bits per heavy atom. The van der Waals surface area contributed by atoms with Crippen LogP contribution in [-0.4, -0.2) is 47.0 Å². The van der Waals surface area contributed by atoms with Crippen molar-refractivity contribution in [1.29, 1.82) is 5.26 Å². The molecule has 9 heteroatoms. The number of hydrogen-bond donors (Lipinski definition) is 3. The van der Waals surface area contributed by atoms with Gasteiger partial charge in [0, 0.05) is 12.5 Å². The largest absolute Gasteiger partial charge is 0.496 e. The average Bonchev–Trinajstić information content (AvgIpc) is 3.29. The fourth-order valence-electron chi connectivity index (χ4n) is 2.98. The Hall–Kier alpha value is -4.08. The lowest BCUT2D eigenvalue weighted by molar-refractivity contribution is 0.307. The number of methoxy groups -OCH3 is 1. The van der Waals surface area contributed by atoms with E-state index in [1.54, 1.807) is 7.11 Å². The van der Waals surface area contributed by atoms with E-state index in [-0.39, 0.29) is 5.69 Å². The fraction of sp³-hybridized carbons (Fsp3) is 0.304. The molecule has 1 aromatic carbocycles. The summed E-state index contributed by atoms with van der Waals surface area (Å²) >= 11 is 0. The number of anilines is 2. The first kappa shape index (κ1) is 22.6. The number of nitrogens with zero attached hydrogens (tertiary/aromatic N) is 4. The lowest BCUT2D eigenvalue weighted by Gasteiger charge is -2.14. The Morgan fingerprint density at radius 3 is 2.72 bits per heavy atom. The number of aromatic amines is 1. The van der Waals surface area contributed by atoms with Gasteiger partial charge in [0.1, 0.15) is 23.4 Å². The summed E-state index contributed by atoms with van der Waals surface area (Å²) in [5.41, 5.74) is 1.76. The Bertz CT molecular complexity index is 1080. The van der Waals surface area contributed by atoms with Gasteiger partial charge < -0.3 is 20.1 Å². The van der Waals surface area contributed by atoms with Crippen LogP contribution in [0, 0.1) is 23.7 Å². The molecule has 32 heavy (non-hydrogen) atoms. The lowest BCUT2D eigenvalue weighted by Crippen LogP contribution is -2.18. The number of nitrogens with one attached hydrogen (secondary N) is 3. The fourth-order valence-corrected chi connectivity index (χ4v) is 2.98. The summed E-state index contributed by atoms with van der Waals surface area (Å²) in [5, 5.41) is 22.5. The molecule has 0 aliphatic carbocycles. The molecule has 3 rings (SSSR count). The number of ether oxygens (including phenoxy) is 2. The molecule has 2 aromatic heterocycles. The zero-order valence-corrected chi connectivity index (χ0v) is 17.9. The summed E-state index contributed by atoms with van der Waals surface area (Å²) in [6.45, 7) is 2.32. The van der Waals surface area contributed by atoms with Gasteiger partial charge in [-0.05, 0) is 38.1 Å². The van der Waals surface area contributed by atoms with E-state index in [0.29, 0.717) is 29.7 Å². The van der Waals surface area contributed by atoms with Crippen LogP contribution < -0.4 is 20.1 Å². The number of unbranched alkanes of at least 4 members (excludes halogenated alkanes) is 1. The van der Waals surface area contributed by atoms with Gasteiger partial charge in [-0.25, -0.2) is 9.97 Å². The molecule has 3 N–H and O–H groups in total. The molecule has 0 atom stereocenters. The zero-order chi connectivity index (χ0) is 22.6. The van der Waals surface area contributed by atoms with Gasteiger partial charge in [-0.1, -0.05) is 6.07 Å². The molecule has 0 bridgehead atoms. The molecule has 0 saturated heterocycles. The minimum atomic E-state index is 0.247. The van der Waals surface area contributed by atoms with Crippen LogP contribution in [0.25, 0.3) is 11.3 Å². The van der Waals surface area contributed by atoms with Gasteiger partial charge in [-0.15, -0.1) is 12.3 Å². The van der Waals surface area contributed by atoms with Crippen molar-refractivity contribution in [2.24, 2.45) is 0 Å². The average molecular weight is 432 g/mol. The van der Waals surface area contributed by atoms with Gasteiger partial charge in [0.25, 0.3) is 0 Å². The number of rotatable bonds is 12. The summed E-state index contributed by atoms with van der Waals surface area (Å²) < 4.78 is 11.6. The van der Waals surface area contributed by atoms with Crippen molar-refractivity contribution in [2.45, 2.75) is 19.3 Å². The number of H-pyrrole nitrogens is 1. The summed E-state index contributed by atoms with van der Waals surface area (Å²) in [6.07, 6.45) is 10.8. The Morgan fingerprint density at radius 2 is 1.97 bits per heavy atom. The van der Waals surface area contributed by atoms with E-state index in [4.69, 9.17) is 21.2 Å². The number of hydrogen-bond acceptors (Lipinski definition) is 8. The maximum atomic E-state index is 8.83. The first-order chi connectivity index (χ1) is 15.7. The van der Waals surface area contributed by atoms with E-state index in [9.17, 15) is 0 Å². The molecule has 0 radical (unpaired) electrons. The van der Waals surface area contributed by atoms with E-state index >= 15 is 0 Å². The van der Waals surface area contributed by atoms with Crippen LogP contribution in [-0.2, 0) is 0 Å². The van der Waals surface area contributed by atoms with Gasteiger partial charge in [-0.3, -0.25) is 5.10 Å². The van der Waals surface area contributed by atoms with Crippen LogP contribution in [0.1, 0.15) is 25.0 Å². The summed E-state index contributed by atoms with van der Waals surface area (Å²) in [6, 6.07) is 9.43. The summed E-state index contributed by atoms with van der Waals surface area (Å²) in [5.74, 6) is 5.03. The Labute approximate surface area is 187 Å². The second kappa shape index (κ2) is 11.9. The number of aromatic nitrogens is 4. The minimum absolute atomic E-state index is 0.247. The standard InChI is InChI=1S/C23H25N7O2/c1-3-4-5-10-25-11-7-12-32-20-9-6-8-19(31-2)23(20)18-13-21(30-29-18)28-22-16-26-17(14-24)15-27-22/h1,6,8-9,13,15-16,25H,4-5,7,10-12H2,2H3,(H2,27,28,29,30). The van der Waals surface area contributed by atoms with Crippen LogP contribution in [0.3, 0.4) is 0 Å². The van der Waals surface area contributed by atoms with Crippen molar-refractivity contribution >= 4 is 11.6 Å². The highest BCUT2D eigenvalue weighted by Crippen LogP contribution is 2.38. The first-order valence-electron chi connectivity index (χ1n) is 10.2. The maximum absolute atomic E-state index is 8.83. The molecular formula is C23H25N7O2. The third kappa shape index (κ3) is 6.21. The van der Waals surface area contributed by atoms with Crippen LogP contribution in [0.5, 0.6) is 11.5 Å². The SMILES string of the molecule is C#CCCCNCCCOc1cccc(OC)c1-c1cc(Nc2cnc(C#N)cn2)n[nH]1. The predicted octanol–water partition coefficient (Wildman–Crippen LogP) is 3.26. The predicted molar refractivity (Wildman–Crippen MR) is 122 cm³/mol. The van der Waals surface area contributed by atoms with Gasteiger partial charge in [-0.2, -0.15) is 10.4 Å². The van der Waals surface area contributed by atoms with E-state index in [2.05, 4.69) is 36.7 Å². The van der Waals surface area contributed by atoms with Gasteiger partial charge in [0.15, 0.2) is 11.5 Å². The quantitative estimate of drug-likeness (QED) is 0.295. The highest BCUT2D eigenvalue weighted by Gasteiger charge is 2.16. The molecule has 2 heterocycles. The van der Waals surface area contributed by atoms with Crippen molar-refractivity contribution in [3.63, 3.8) is 0 Å². The molecule has 0 fully saturated rings. The maximum Gasteiger partial charge on any atom is 0.158 e. The van der Waals surface area contributed by atoms with Crippen molar-refractivity contribution in [1.82, 2.24) is 25.5 Å². The first-order valence-corrected chi connectivity index (χ1v) is 10.2. The molecule has 3 aromatic rings. The monoisotopic (exact) mass is 431 g/mol. The van der Waals surface area contributed by atoms with Crippen LogP contribution in [0.4, 0.5) is 11.6 Å². The van der Waals surface area contributed by atoms with Gasteiger partial charge >= 0.3 is 0 Å². The van der Waals surface area contributed by atoms with Gasteiger partial charge in [0.2, 0.25) is 0 Å². The Kier molecular flexibility index (Phi) is 8.43. The molecule has 0 amide bonds. The molecule has 0 spiro atoms. The summed E-state index contributed by atoms with van der Waals surface area (Å²) in [7, 11) is 1.62. The van der Waals surface area contributed by atoms with Crippen molar-refractivity contribution in [3.05, 3.63) is 42.4 Å². The van der Waals surface area contributed by atoms with E-state index in [1.807, 2.05) is 30.3 Å². The molecule has 0 unspecified atom stereocenters. The molecule has 0 saturated carbocycles. The number of benzene rings is 1.